The molecule has 8 nitrogen and oxygen atoms in total. The molecule has 10 heteroatoms. The van der Waals surface area contributed by atoms with Crippen LogP contribution >= 0.6 is 27.7 Å². The fraction of sp³-hybridized carbons (Fsp3) is 0.263. The topological polar surface area (TPSA) is 108 Å². The number of nitrogens with one attached hydrogen (secondary N) is 1. The first kappa shape index (κ1) is 21.3. The molecule has 3 aromatic rings. The summed E-state index contributed by atoms with van der Waals surface area (Å²) in [6.07, 6.45) is 0.942. The number of hydrogen-bond donors (Lipinski definition) is 2. The van der Waals surface area contributed by atoms with Gasteiger partial charge < -0.3 is 15.8 Å². The molecule has 0 unspecified atom stereocenters. The molecular formula is C19H21BrN6O2S. The Morgan fingerprint density at radius 3 is 2.86 bits per heavy atom. The van der Waals surface area contributed by atoms with Crippen molar-refractivity contribution in [2.45, 2.75) is 18.1 Å². The van der Waals surface area contributed by atoms with Crippen molar-refractivity contribution in [1.29, 1.82) is 0 Å². The summed E-state index contributed by atoms with van der Waals surface area (Å²) in [5.41, 5.74) is 7.06. The van der Waals surface area contributed by atoms with E-state index in [0.717, 1.165) is 39.6 Å². The molecule has 3 N–H and O–H groups in total. The van der Waals surface area contributed by atoms with E-state index in [1.807, 2.05) is 48.5 Å². The van der Waals surface area contributed by atoms with Crippen LogP contribution in [0.2, 0.25) is 0 Å². The summed E-state index contributed by atoms with van der Waals surface area (Å²) in [6, 6.07) is 15.5. The van der Waals surface area contributed by atoms with Crippen molar-refractivity contribution >= 4 is 33.6 Å². The van der Waals surface area contributed by atoms with Gasteiger partial charge in [0.05, 0.1) is 5.69 Å². The number of halogens is 1. The van der Waals surface area contributed by atoms with Crippen LogP contribution in [0.1, 0.15) is 12.0 Å². The number of hydrogen-bond acceptors (Lipinski definition) is 7. The highest BCUT2D eigenvalue weighted by Gasteiger charge is 2.09. The normalized spacial score (nSPS) is 10.8. The number of benzene rings is 2. The third kappa shape index (κ3) is 6.55. The first-order valence-electron chi connectivity index (χ1n) is 9.00. The van der Waals surface area contributed by atoms with E-state index in [9.17, 15) is 4.79 Å². The molecule has 0 aliphatic carbocycles. The second-order valence-electron chi connectivity index (χ2n) is 6.09. The summed E-state index contributed by atoms with van der Waals surface area (Å²) in [6.45, 7) is 1.31. The molecule has 0 atom stereocenters. The van der Waals surface area contributed by atoms with Crippen LogP contribution in [0.15, 0.2) is 58.2 Å². The van der Waals surface area contributed by atoms with Crippen molar-refractivity contribution < 1.29 is 9.53 Å². The smallest absolute Gasteiger partial charge is 0.255 e. The molecule has 0 radical (unpaired) electrons. The monoisotopic (exact) mass is 476 g/mol. The number of nitrogens with zero attached hydrogens (tertiary/aromatic N) is 4. The zero-order chi connectivity index (χ0) is 20.5. The van der Waals surface area contributed by atoms with Crippen LogP contribution in [0.3, 0.4) is 0 Å². The number of ether oxygens (including phenoxy) is 1. The predicted molar refractivity (Wildman–Crippen MR) is 115 cm³/mol. The van der Waals surface area contributed by atoms with Crippen molar-refractivity contribution in [3.63, 3.8) is 0 Å². The molecule has 1 heterocycles. The molecule has 0 spiro atoms. The van der Waals surface area contributed by atoms with Crippen molar-refractivity contribution in [3.8, 4) is 11.4 Å². The van der Waals surface area contributed by atoms with Crippen molar-refractivity contribution in [3.05, 3.63) is 58.6 Å². The maximum Gasteiger partial charge on any atom is 0.255 e. The summed E-state index contributed by atoms with van der Waals surface area (Å²) in [5.74, 6) is 1.03. The maximum atomic E-state index is 10.9. The molecule has 0 bridgehead atoms. The number of aromatic nitrogens is 4. The van der Waals surface area contributed by atoms with Gasteiger partial charge in [-0.15, -0.1) is 5.10 Å². The maximum absolute atomic E-state index is 10.9. The molecule has 0 fully saturated rings. The fourth-order valence-electron chi connectivity index (χ4n) is 2.56. The number of rotatable bonds is 11. The number of carbonyl (C=O) groups is 1. The van der Waals surface area contributed by atoms with Crippen molar-refractivity contribution in [1.82, 2.24) is 25.5 Å². The van der Waals surface area contributed by atoms with E-state index in [0.29, 0.717) is 12.3 Å². The second-order valence-corrected chi connectivity index (χ2v) is 8.07. The first-order valence-corrected chi connectivity index (χ1v) is 10.8. The third-order valence-corrected chi connectivity index (χ3v) is 5.38. The molecule has 1 amide bonds. The standard InChI is InChI=1S/C19H21BrN6O2S/c20-15-7-8-17(28-13-18(21)27)14(11-15)12-22-9-4-10-29-19-23-24-25-26(19)16-5-2-1-3-6-16/h1-3,5-8,11,22H,4,9-10,12-13H2,(H2,21,27). The van der Waals surface area contributed by atoms with Gasteiger partial charge in [-0.05, 0) is 53.7 Å². The largest absolute Gasteiger partial charge is 0.483 e. The van der Waals surface area contributed by atoms with Crippen LogP contribution < -0.4 is 15.8 Å². The highest BCUT2D eigenvalue weighted by Crippen LogP contribution is 2.23. The van der Waals surface area contributed by atoms with Gasteiger partial charge in [0.1, 0.15) is 5.75 Å². The highest BCUT2D eigenvalue weighted by molar-refractivity contribution is 9.10. The predicted octanol–water partition coefficient (Wildman–Crippen LogP) is 2.56. The molecule has 152 valence electrons. The average molecular weight is 477 g/mol. The molecular weight excluding hydrogens is 456 g/mol. The van der Waals surface area contributed by atoms with E-state index >= 15 is 0 Å². The lowest BCUT2D eigenvalue weighted by atomic mass is 10.2. The zero-order valence-corrected chi connectivity index (χ0v) is 18.0. The van der Waals surface area contributed by atoms with Gasteiger partial charge in [0.15, 0.2) is 6.61 Å². The summed E-state index contributed by atoms with van der Waals surface area (Å²) < 4.78 is 8.16. The van der Waals surface area contributed by atoms with Crippen LogP contribution in [0.5, 0.6) is 5.75 Å². The summed E-state index contributed by atoms with van der Waals surface area (Å²) >= 11 is 5.07. The lowest BCUT2D eigenvalue weighted by molar-refractivity contribution is -0.119. The molecule has 0 aliphatic heterocycles. The first-order chi connectivity index (χ1) is 14.1. The van der Waals surface area contributed by atoms with Gasteiger partial charge in [0.25, 0.3) is 5.91 Å². The SMILES string of the molecule is NC(=O)COc1ccc(Br)cc1CNCCCSc1nnnn1-c1ccccc1. The Bertz CT molecular complexity index is 937. The van der Waals surface area contributed by atoms with Crippen molar-refractivity contribution in [2.75, 3.05) is 18.9 Å². The van der Waals surface area contributed by atoms with E-state index in [2.05, 4.69) is 36.8 Å². The number of tetrazole rings is 1. The zero-order valence-electron chi connectivity index (χ0n) is 15.6. The molecule has 1 aromatic heterocycles. The van der Waals surface area contributed by atoms with Crippen LogP contribution in [0.4, 0.5) is 0 Å². The average Bonchev–Trinajstić information content (AvgIpc) is 3.19. The number of para-hydroxylation sites is 1. The number of thioether (sulfide) groups is 1. The molecule has 29 heavy (non-hydrogen) atoms. The third-order valence-electron chi connectivity index (χ3n) is 3.88. The van der Waals surface area contributed by atoms with E-state index in [-0.39, 0.29) is 6.61 Å². The summed E-state index contributed by atoms with van der Waals surface area (Å²) in [7, 11) is 0. The molecule has 0 aliphatic rings. The van der Waals surface area contributed by atoms with Gasteiger partial charge in [-0.1, -0.05) is 45.9 Å². The second kappa shape index (κ2) is 10.9. The van der Waals surface area contributed by atoms with Gasteiger partial charge in [-0.3, -0.25) is 4.79 Å². The summed E-state index contributed by atoms with van der Waals surface area (Å²) in [4.78, 5) is 10.9. The number of carbonyl (C=O) groups excluding carboxylic acids is 1. The highest BCUT2D eigenvalue weighted by atomic mass is 79.9. The molecule has 0 saturated heterocycles. The minimum absolute atomic E-state index is 0.137. The van der Waals surface area contributed by atoms with Crippen LogP contribution in [0.25, 0.3) is 5.69 Å². The molecule has 3 rings (SSSR count). The van der Waals surface area contributed by atoms with Gasteiger partial charge in [-0.25, -0.2) is 0 Å². The van der Waals surface area contributed by atoms with Crippen LogP contribution in [0, 0.1) is 0 Å². The molecule has 0 saturated carbocycles. The van der Waals surface area contributed by atoms with E-state index in [1.54, 1.807) is 16.4 Å². The lowest BCUT2D eigenvalue weighted by Crippen LogP contribution is -2.21. The Balaban J connectivity index is 1.44. The minimum atomic E-state index is -0.498. The Labute approximate surface area is 181 Å². The van der Waals surface area contributed by atoms with Gasteiger partial charge >= 0.3 is 0 Å². The lowest BCUT2D eigenvalue weighted by Gasteiger charge is -2.12. The van der Waals surface area contributed by atoms with Crippen LogP contribution in [-0.4, -0.2) is 45.0 Å². The summed E-state index contributed by atoms with van der Waals surface area (Å²) in [5, 5.41) is 16.1. The Morgan fingerprint density at radius 2 is 2.07 bits per heavy atom. The Kier molecular flexibility index (Phi) is 8.03. The van der Waals surface area contributed by atoms with Gasteiger partial charge in [-0.2, -0.15) is 4.68 Å². The number of primary amides is 1. The van der Waals surface area contributed by atoms with E-state index in [1.165, 1.54) is 0 Å². The van der Waals surface area contributed by atoms with E-state index in [4.69, 9.17) is 10.5 Å². The Morgan fingerprint density at radius 1 is 1.24 bits per heavy atom. The van der Waals surface area contributed by atoms with Gasteiger partial charge in [0, 0.05) is 22.3 Å². The minimum Gasteiger partial charge on any atom is -0.483 e. The Hall–Kier alpha value is -2.43. The quantitative estimate of drug-likeness (QED) is 0.323. The number of nitrogens with two attached hydrogens (primary N) is 1. The van der Waals surface area contributed by atoms with Crippen LogP contribution in [-0.2, 0) is 11.3 Å². The number of amides is 1. The molecule has 2 aromatic carbocycles. The van der Waals surface area contributed by atoms with Crippen molar-refractivity contribution in [2.24, 2.45) is 5.73 Å². The van der Waals surface area contributed by atoms with E-state index < -0.39 is 5.91 Å². The van der Waals surface area contributed by atoms with Gasteiger partial charge in [0.2, 0.25) is 5.16 Å². The fourth-order valence-corrected chi connectivity index (χ4v) is 3.80.